The fourth-order valence-electron chi connectivity index (χ4n) is 12.2. The van der Waals surface area contributed by atoms with Crippen molar-refractivity contribution in [3.05, 3.63) is 57.6 Å². The molecule has 2 N–H and O–H groups in total. The van der Waals surface area contributed by atoms with E-state index in [0.717, 1.165) is 60.8 Å². The maximum Gasteiger partial charge on any atom is 0.127 e. The zero-order valence-corrected chi connectivity index (χ0v) is 50.1. The molecule has 6 heteroatoms. The van der Waals surface area contributed by atoms with Gasteiger partial charge in [-0.2, -0.15) is 0 Å². The van der Waals surface area contributed by atoms with Gasteiger partial charge >= 0.3 is 0 Å². The van der Waals surface area contributed by atoms with Crippen molar-refractivity contribution in [3.63, 3.8) is 0 Å². The topological polar surface area (TPSA) is 65.2 Å². The summed E-state index contributed by atoms with van der Waals surface area (Å²) in [5, 5.41) is 23.7. The maximum atomic E-state index is 12.1. The van der Waals surface area contributed by atoms with Gasteiger partial charge in [0.15, 0.2) is 0 Å². The van der Waals surface area contributed by atoms with Crippen LogP contribution >= 0.6 is 0 Å². The highest BCUT2D eigenvalue weighted by Gasteiger charge is 2.35. The van der Waals surface area contributed by atoms with Gasteiger partial charge in [0.1, 0.15) is 11.5 Å². The smallest absolute Gasteiger partial charge is 0.127 e. The van der Waals surface area contributed by atoms with Crippen LogP contribution in [0.1, 0.15) is 296 Å². The fraction of sp³-hybridized carbons (Fsp3) is 0.788. The molecule has 0 aromatic heterocycles. The van der Waals surface area contributed by atoms with Gasteiger partial charge in [-0.05, 0) is 147 Å². The molecule has 0 spiro atoms. The van der Waals surface area contributed by atoms with Crippen LogP contribution in [0.15, 0.2) is 34.3 Å². The van der Waals surface area contributed by atoms with E-state index in [-0.39, 0.29) is 34.7 Å². The predicted molar refractivity (Wildman–Crippen MR) is 318 cm³/mol. The van der Waals surface area contributed by atoms with Crippen LogP contribution in [-0.4, -0.2) is 96.1 Å². The molecule has 0 aliphatic heterocycles. The number of rotatable bonds is 40. The molecular formula is C66H118N4O2+2. The summed E-state index contributed by atoms with van der Waals surface area (Å²) in [4.78, 5) is 10.4. The first-order chi connectivity index (χ1) is 34.5. The second-order valence-corrected chi connectivity index (χ2v) is 24.7. The zero-order chi connectivity index (χ0) is 53.2. The van der Waals surface area contributed by atoms with E-state index in [9.17, 15) is 10.2 Å². The van der Waals surface area contributed by atoms with Crippen molar-refractivity contribution >= 4 is 12.4 Å². The van der Waals surface area contributed by atoms with Crippen molar-refractivity contribution in [2.75, 3.05) is 52.4 Å². The first kappa shape index (κ1) is 63.6. The number of nitrogens with zero attached hydrogens (tertiary/aromatic N) is 4. The normalized spacial score (nSPS) is 16.1. The average molecular weight is 1000 g/mol. The third-order valence-electron chi connectivity index (χ3n) is 17.8. The first-order valence-corrected chi connectivity index (χ1v) is 31.0. The molecule has 2 atom stereocenters. The lowest BCUT2D eigenvalue weighted by atomic mass is 9.73. The molecule has 3 rings (SSSR count). The summed E-state index contributed by atoms with van der Waals surface area (Å²) in [5.74, 6) is 1.16. The van der Waals surface area contributed by atoms with Crippen molar-refractivity contribution in [1.82, 2.24) is 0 Å². The predicted octanol–water partition coefficient (Wildman–Crippen LogP) is 18.3. The number of aromatic hydroxyl groups is 2. The minimum absolute atomic E-state index is 0.0242. The van der Waals surface area contributed by atoms with Gasteiger partial charge < -0.3 is 19.2 Å². The lowest BCUT2D eigenvalue weighted by molar-refractivity contribution is -0.929. The van der Waals surface area contributed by atoms with Crippen LogP contribution < -0.4 is 0 Å². The SMILES string of the molecule is CCCCC(C)(CCCC)c1cc(C=NC2CCC2N=Cc2cc(C(C)(CCC[N+](CCCC)(CCCC)CCCC)CCC[N+](CCCC)(CCCC)CCCC)cc(C(C)C)c2O)c(O)c(C(C)C)c1. The van der Waals surface area contributed by atoms with Crippen LogP contribution in [0.5, 0.6) is 11.5 Å². The average Bonchev–Trinajstić information content (AvgIpc) is 3.36. The molecule has 0 heterocycles. The Balaban J connectivity index is 2.09. The third kappa shape index (κ3) is 19.1. The standard InChI is InChI=1S/C66H116N4O2/c1-15-23-35-65(13,36-24-16-2)57-47-55(63(71)59(49-57)53(9)10)51-67-61-33-34-62(61)68-52-56-48-58(50-60(54(11)12)64(56)72)66(14,37-31-45-69(39-25-17-3,40-26-18-4)41-27-19-5)38-32-46-70(42-28-20-6,43-29-21-7)44-30-22-8/h47-54,61-62H,15-46H2,1-14H3/p+2. The zero-order valence-electron chi connectivity index (χ0n) is 50.1. The van der Waals surface area contributed by atoms with Crippen molar-refractivity contribution in [2.24, 2.45) is 9.98 Å². The summed E-state index contributed by atoms with van der Waals surface area (Å²) >= 11 is 0. The number of phenols is 2. The van der Waals surface area contributed by atoms with Crippen molar-refractivity contribution in [3.8, 4) is 11.5 Å². The van der Waals surface area contributed by atoms with Gasteiger partial charge in [0.05, 0.1) is 64.4 Å². The third-order valence-corrected chi connectivity index (χ3v) is 17.8. The second-order valence-electron chi connectivity index (χ2n) is 24.7. The molecule has 1 saturated carbocycles. The molecule has 2 aromatic carbocycles. The summed E-state index contributed by atoms with van der Waals surface area (Å²) in [6.07, 6.45) is 33.3. The van der Waals surface area contributed by atoms with Gasteiger partial charge in [-0.3, -0.25) is 9.98 Å². The van der Waals surface area contributed by atoms with Gasteiger partial charge in [-0.1, -0.05) is 173 Å². The Kier molecular flexibility index (Phi) is 28.9. The highest BCUT2D eigenvalue weighted by atomic mass is 16.3. The molecule has 2 unspecified atom stereocenters. The second kappa shape index (κ2) is 32.7. The summed E-state index contributed by atoms with van der Waals surface area (Å²) in [7, 11) is 0. The molecule has 1 fully saturated rings. The number of hydrogen-bond acceptors (Lipinski definition) is 4. The largest absolute Gasteiger partial charge is 0.507 e. The molecule has 0 saturated heterocycles. The van der Waals surface area contributed by atoms with Crippen molar-refractivity contribution in [1.29, 1.82) is 0 Å². The van der Waals surface area contributed by atoms with Crippen LogP contribution in [0, 0.1) is 0 Å². The van der Waals surface area contributed by atoms with Gasteiger partial charge in [0, 0.05) is 23.6 Å². The number of hydrogen-bond donors (Lipinski definition) is 2. The molecule has 2 aromatic rings. The minimum Gasteiger partial charge on any atom is -0.507 e. The molecule has 1 aliphatic rings. The molecular weight excluding hydrogens is 881 g/mol. The lowest BCUT2D eigenvalue weighted by Gasteiger charge is -2.42. The summed E-state index contributed by atoms with van der Waals surface area (Å²) < 4.78 is 2.57. The van der Waals surface area contributed by atoms with Gasteiger partial charge in [-0.25, -0.2) is 0 Å². The fourth-order valence-corrected chi connectivity index (χ4v) is 12.2. The number of phenolic OH excluding ortho intramolecular Hbond substituents is 2. The van der Waals surface area contributed by atoms with Crippen molar-refractivity contribution in [2.45, 2.75) is 286 Å². The summed E-state index contributed by atoms with van der Waals surface area (Å²) in [5.41, 5.74) is 6.53. The van der Waals surface area contributed by atoms with E-state index in [1.54, 1.807) is 0 Å². The number of unbranched alkanes of at least 4 members (excludes halogenated alkanes) is 8. The summed E-state index contributed by atoms with van der Waals surface area (Å²) in [6.45, 7) is 43.1. The van der Waals surface area contributed by atoms with Crippen molar-refractivity contribution < 1.29 is 19.2 Å². The Morgan fingerprint density at radius 2 is 0.708 bits per heavy atom. The Hall–Kier alpha value is -2.70. The molecule has 72 heavy (non-hydrogen) atoms. The highest BCUT2D eigenvalue weighted by Crippen LogP contribution is 2.42. The number of quaternary nitrogens is 2. The number of benzene rings is 2. The van der Waals surface area contributed by atoms with E-state index in [1.807, 2.05) is 12.4 Å². The van der Waals surface area contributed by atoms with E-state index < -0.39 is 0 Å². The van der Waals surface area contributed by atoms with E-state index >= 15 is 0 Å². The molecule has 0 amide bonds. The first-order valence-electron chi connectivity index (χ1n) is 31.0. The van der Waals surface area contributed by atoms with Gasteiger partial charge in [0.2, 0.25) is 0 Å². The van der Waals surface area contributed by atoms with Crippen LogP contribution in [0.25, 0.3) is 0 Å². The molecule has 6 nitrogen and oxygen atoms in total. The van der Waals surface area contributed by atoms with Crippen LogP contribution in [0.4, 0.5) is 0 Å². The molecule has 0 bridgehead atoms. The van der Waals surface area contributed by atoms with Crippen LogP contribution in [0.3, 0.4) is 0 Å². The highest BCUT2D eigenvalue weighted by molar-refractivity contribution is 5.86. The van der Waals surface area contributed by atoms with E-state index in [0.29, 0.717) is 11.5 Å². The summed E-state index contributed by atoms with van der Waals surface area (Å²) in [6, 6.07) is 9.37. The Bertz CT molecular complexity index is 1770. The Labute approximate surface area is 447 Å². The quantitative estimate of drug-likeness (QED) is 0.0516. The van der Waals surface area contributed by atoms with Crippen LogP contribution in [-0.2, 0) is 10.8 Å². The van der Waals surface area contributed by atoms with E-state index in [1.165, 1.54) is 188 Å². The Morgan fingerprint density at radius 3 is 0.958 bits per heavy atom. The van der Waals surface area contributed by atoms with Crippen LogP contribution in [0.2, 0.25) is 0 Å². The maximum absolute atomic E-state index is 12.1. The molecule has 412 valence electrons. The molecule has 0 radical (unpaired) electrons. The van der Waals surface area contributed by atoms with E-state index in [4.69, 9.17) is 9.98 Å². The van der Waals surface area contributed by atoms with Gasteiger partial charge in [-0.15, -0.1) is 0 Å². The Morgan fingerprint density at radius 1 is 0.444 bits per heavy atom. The number of aliphatic imine (C=N–C) groups is 2. The monoisotopic (exact) mass is 999 g/mol. The van der Waals surface area contributed by atoms with E-state index in [2.05, 4.69) is 121 Å². The van der Waals surface area contributed by atoms with Gasteiger partial charge in [0.25, 0.3) is 0 Å². The minimum atomic E-state index is -0.0242. The molecule has 1 aliphatic carbocycles. The lowest BCUT2D eigenvalue weighted by Crippen LogP contribution is -2.51.